The van der Waals surface area contributed by atoms with E-state index in [-0.39, 0.29) is 0 Å². The molecule has 0 bridgehead atoms. The van der Waals surface area contributed by atoms with E-state index >= 15 is 0 Å². The standard InChI is InChI=1S/C13H20BrN3OSi/c1-19(2,3)5-4-18-9-17-8-11-12(14)6-10(15)7-13(11)16-17/h6-8H,4-5,9,15H2,1-3H3. The Kier molecular flexibility index (Phi) is 4.32. The summed E-state index contributed by atoms with van der Waals surface area (Å²) in [7, 11) is -1.02. The number of rotatable bonds is 5. The Hall–Kier alpha value is -0.853. The molecule has 0 saturated heterocycles. The second kappa shape index (κ2) is 5.64. The number of halogens is 1. The Morgan fingerprint density at radius 2 is 2.11 bits per heavy atom. The van der Waals surface area contributed by atoms with Crippen molar-refractivity contribution in [3.05, 3.63) is 22.8 Å². The van der Waals surface area contributed by atoms with Crippen LogP contribution in [0.3, 0.4) is 0 Å². The third-order valence-corrected chi connectivity index (χ3v) is 5.22. The summed E-state index contributed by atoms with van der Waals surface area (Å²) in [6, 6.07) is 4.93. The minimum atomic E-state index is -1.02. The van der Waals surface area contributed by atoms with E-state index in [1.54, 1.807) is 0 Å². The largest absolute Gasteiger partial charge is 0.399 e. The lowest BCUT2D eigenvalue weighted by molar-refractivity contribution is 0.0791. The fourth-order valence-corrected chi connectivity index (χ4v) is 3.08. The van der Waals surface area contributed by atoms with Crippen molar-refractivity contribution in [2.24, 2.45) is 0 Å². The Labute approximate surface area is 123 Å². The first-order chi connectivity index (χ1) is 8.85. The average molecular weight is 342 g/mol. The van der Waals surface area contributed by atoms with Crippen LogP contribution in [0.4, 0.5) is 5.69 Å². The zero-order valence-corrected chi connectivity index (χ0v) is 14.2. The molecule has 1 aromatic heterocycles. The van der Waals surface area contributed by atoms with Crippen molar-refractivity contribution in [2.45, 2.75) is 32.4 Å². The highest BCUT2D eigenvalue weighted by Crippen LogP contribution is 2.26. The van der Waals surface area contributed by atoms with E-state index in [0.29, 0.717) is 12.4 Å². The molecule has 1 heterocycles. The van der Waals surface area contributed by atoms with Gasteiger partial charge in [0.2, 0.25) is 0 Å². The molecule has 104 valence electrons. The molecule has 0 spiro atoms. The molecule has 1 aromatic carbocycles. The van der Waals surface area contributed by atoms with Crippen LogP contribution in [0.25, 0.3) is 10.9 Å². The molecule has 0 saturated carbocycles. The number of benzene rings is 1. The summed E-state index contributed by atoms with van der Waals surface area (Å²) in [6.07, 6.45) is 1.98. The Balaban J connectivity index is 2.00. The normalized spacial score (nSPS) is 12.2. The summed E-state index contributed by atoms with van der Waals surface area (Å²) >= 11 is 3.50. The van der Waals surface area contributed by atoms with Crippen molar-refractivity contribution in [3.63, 3.8) is 0 Å². The van der Waals surface area contributed by atoms with Gasteiger partial charge in [0.05, 0.1) is 5.52 Å². The van der Waals surface area contributed by atoms with Gasteiger partial charge < -0.3 is 10.5 Å². The van der Waals surface area contributed by atoms with E-state index in [1.165, 1.54) is 6.04 Å². The summed E-state index contributed by atoms with van der Waals surface area (Å²) in [5.41, 5.74) is 7.40. The van der Waals surface area contributed by atoms with Gasteiger partial charge in [-0.05, 0) is 34.1 Å². The van der Waals surface area contributed by atoms with E-state index in [4.69, 9.17) is 10.5 Å². The first kappa shape index (κ1) is 14.6. The van der Waals surface area contributed by atoms with Crippen LogP contribution in [0.5, 0.6) is 0 Å². The van der Waals surface area contributed by atoms with Crippen LogP contribution in [-0.2, 0) is 11.5 Å². The van der Waals surface area contributed by atoms with Crippen LogP contribution in [-0.4, -0.2) is 24.5 Å². The van der Waals surface area contributed by atoms with Gasteiger partial charge in [0.25, 0.3) is 0 Å². The Bertz CT molecular complexity index is 577. The topological polar surface area (TPSA) is 53.1 Å². The zero-order chi connectivity index (χ0) is 14.0. The zero-order valence-electron chi connectivity index (χ0n) is 11.6. The van der Waals surface area contributed by atoms with Crippen LogP contribution in [0, 0.1) is 0 Å². The molecule has 2 N–H and O–H groups in total. The number of hydrogen-bond donors (Lipinski definition) is 1. The number of hydrogen-bond acceptors (Lipinski definition) is 3. The summed E-state index contributed by atoms with van der Waals surface area (Å²) in [5, 5.41) is 5.52. The predicted molar refractivity (Wildman–Crippen MR) is 86.0 cm³/mol. The van der Waals surface area contributed by atoms with Crippen molar-refractivity contribution in [3.8, 4) is 0 Å². The van der Waals surface area contributed by atoms with Gasteiger partial charge in [-0.25, -0.2) is 4.68 Å². The van der Waals surface area contributed by atoms with Gasteiger partial charge in [0.15, 0.2) is 0 Å². The molecule has 0 aliphatic rings. The van der Waals surface area contributed by atoms with Gasteiger partial charge >= 0.3 is 0 Å². The number of nitrogens with two attached hydrogens (primary N) is 1. The molecule has 19 heavy (non-hydrogen) atoms. The van der Waals surface area contributed by atoms with Gasteiger partial charge in [0, 0.05) is 36.4 Å². The fraction of sp³-hybridized carbons (Fsp3) is 0.462. The summed E-state index contributed by atoms with van der Waals surface area (Å²) in [4.78, 5) is 0. The second-order valence-electron chi connectivity index (χ2n) is 5.95. The Morgan fingerprint density at radius 3 is 2.79 bits per heavy atom. The minimum Gasteiger partial charge on any atom is -0.399 e. The smallest absolute Gasteiger partial charge is 0.139 e. The molecule has 2 aromatic rings. The molecule has 2 rings (SSSR count). The van der Waals surface area contributed by atoms with Crippen molar-refractivity contribution in [2.75, 3.05) is 12.3 Å². The lowest BCUT2D eigenvalue weighted by atomic mass is 10.2. The predicted octanol–water partition coefficient (Wildman–Crippen LogP) is 3.69. The van der Waals surface area contributed by atoms with Gasteiger partial charge in [0.1, 0.15) is 6.73 Å². The molecule has 0 unspecified atom stereocenters. The molecule has 0 radical (unpaired) electrons. The number of ether oxygens (including phenoxy) is 1. The maximum atomic E-state index is 5.80. The van der Waals surface area contributed by atoms with E-state index < -0.39 is 8.07 Å². The number of nitrogen functional groups attached to an aromatic ring is 1. The molecule has 0 fully saturated rings. The van der Waals surface area contributed by atoms with Crippen LogP contribution < -0.4 is 5.73 Å². The van der Waals surface area contributed by atoms with Crippen molar-refractivity contribution >= 4 is 40.6 Å². The SMILES string of the molecule is C[Si](C)(C)CCOCn1cc2c(Br)cc(N)cc2n1. The van der Waals surface area contributed by atoms with Gasteiger partial charge in [-0.2, -0.15) is 5.10 Å². The van der Waals surface area contributed by atoms with E-state index in [2.05, 4.69) is 40.7 Å². The number of nitrogens with zero attached hydrogens (tertiary/aromatic N) is 2. The lowest BCUT2D eigenvalue weighted by Crippen LogP contribution is -2.22. The monoisotopic (exact) mass is 341 g/mol. The molecular formula is C13H20BrN3OSi. The number of anilines is 1. The maximum Gasteiger partial charge on any atom is 0.139 e. The summed E-state index contributed by atoms with van der Waals surface area (Å²) < 4.78 is 8.47. The Morgan fingerprint density at radius 1 is 1.37 bits per heavy atom. The third-order valence-electron chi connectivity index (χ3n) is 2.86. The molecule has 0 aliphatic heterocycles. The van der Waals surface area contributed by atoms with Crippen LogP contribution in [0.2, 0.25) is 25.7 Å². The first-order valence-corrected chi connectivity index (χ1v) is 10.9. The van der Waals surface area contributed by atoms with Crippen LogP contribution in [0.1, 0.15) is 0 Å². The van der Waals surface area contributed by atoms with Gasteiger partial charge in [-0.3, -0.25) is 0 Å². The van der Waals surface area contributed by atoms with Gasteiger partial charge in [-0.15, -0.1) is 0 Å². The van der Waals surface area contributed by atoms with Gasteiger partial charge in [-0.1, -0.05) is 19.6 Å². The van der Waals surface area contributed by atoms with Crippen LogP contribution >= 0.6 is 15.9 Å². The molecular weight excluding hydrogens is 322 g/mol. The first-order valence-electron chi connectivity index (χ1n) is 6.35. The summed E-state index contributed by atoms with van der Waals surface area (Å²) in [6.45, 7) is 8.33. The highest BCUT2D eigenvalue weighted by molar-refractivity contribution is 9.10. The number of fused-ring (bicyclic) bond motifs is 1. The molecule has 0 aliphatic carbocycles. The third kappa shape index (κ3) is 4.06. The number of aromatic nitrogens is 2. The highest BCUT2D eigenvalue weighted by atomic mass is 79.9. The molecule has 4 nitrogen and oxygen atoms in total. The van der Waals surface area contributed by atoms with Crippen LogP contribution in [0.15, 0.2) is 22.8 Å². The molecule has 0 amide bonds. The van der Waals surface area contributed by atoms with E-state index in [0.717, 1.165) is 22.0 Å². The second-order valence-corrected chi connectivity index (χ2v) is 12.4. The van der Waals surface area contributed by atoms with E-state index in [9.17, 15) is 0 Å². The fourth-order valence-electron chi connectivity index (χ4n) is 1.75. The highest BCUT2D eigenvalue weighted by Gasteiger charge is 2.12. The molecule has 0 atom stereocenters. The van der Waals surface area contributed by atoms with Crippen molar-refractivity contribution in [1.29, 1.82) is 0 Å². The lowest BCUT2D eigenvalue weighted by Gasteiger charge is -2.15. The average Bonchev–Trinajstić information content (AvgIpc) is 2.66. The summed E-state index contributed by atoms with van der Waals surface area (Å²) in [5.74, 6) is 0. The van der Waals surface area contributed by atoms with Crippen molar-refractivity contribution in [1.82, 2.24) is 9.78 Å². The maximum absolute atomic E-state index is 5.80. The van der Waals surface area contributed by atoms with Crippen molar-refractivity contribution < 1.29 is 4.74 Å². The minimum absolute atomic E-state index is 0.492. The molecule has 6 heteroatoms. The quantitative estimate of drug-likeness (QED) is 0.512. The van der Waals surface area contributed by atoms with E-state index in [1.807, 2.05) is 23.0 Å².